The Labute approximate surface area is 189 Å². The fraction of sp³-hybridized carbons (Fsp3) is 0.435. The first-order chi connectivity index (χ1) is 14.9. The lowest BCUT2D eigenvalue weighted by Crippen LogP contribution is -2.45. The van der Waals surface area contributed by atoms with Crippen molar-refractivity contribution in [2.75, 3.05) is 28.0 Å². The van der Waals surface area contributed by atoms with Crippen LogP contribution in [0.15, 0.2) is 42.5 Å². The number of halogens is 1. The molecule has 1 saturated heterocycles. The van der Waals surface area contributed by atoms with Crippen LogP contribution in [0.25, 0.3) is 0 Å². The van der Waals surface area contributed by atoms with Gasteiger partial charge in [-0.3, -0.25) is 9.52 Å². The van der Waals surface area contributed by atoms with E-state index in [9.17, 15) is 17.6 Å². The summed E-state index contributed by atoms with van der Waals surface area (Å²) in [5.74, 6) is -0.841. The van der Waals surface area contributed by atoms with Gasteiger partial charge in [0.15, 0.2) is 0 Å². The van der Waals surface area contributed by atoms with Crippen molar-refractivity contribution in [3.05, 3.63) is 53.8 Å². The first kappa shape index (κ1) is 24.0. The van der Waals surface area contributed by atoms with Crippen molar-refractivity contribution < 1.29 is 22.3 Å². The fourth-order valence-corrected chi connectivity index (χ4v) is 4.17. The molecule has 1 fully saturated rings. The summed E-state index contributed by atoms with van der Waals surface area (Å²) in [5.41, 5.74) is 1.49. The van der Waals surface area contributed by atoms with Crippen LogP contribution >= 0.6 is 0 Å². The Kier molecular flexibility index (Phi) is 6.80. The second-order valence-electron chi connectivity index (χ2n) is 9.08. The van der Waals surface area contributed by atoms with Crippen LogP contribution in [-0.2, 0) is 14.8 Å². The summed E-state index contributed by atoms with van der Waals surface area (Å²) in [7, 11) is -3.56. The normalized spacial score (nSPS) is 19.5. The van der Waals surface area contributed by atoms with E-state index in [0.29, 0.717) is 35.7 Å². The highest BCUT2D eigenvalue weighted by molar-refractivity contribution is 7.94. The molecule has 0 bridgehead atoms. The zero-order valence-corrected chi connectivity index (χ0v) is 19.8. The summed E-state index contributed by atoms with van der Waals surface area (Å²) in [6.45, 7) is 9.89. The molecule has 2 atom stereocenters. The van der Waals surface area contributed by atoms with Crippen LogP contribution in [0, 0.1) is 5.82 Å². The number of carbonyl (C=O) groups is 1. The minimum Gasteiger partial charge on any atom is -0.372 e. The van der Waals surface area contributed by atoms with Gasteiger partial charge in [-0.05, 0) is 77.1 Å². The van der Waals surface area contributed by atoms with E-state index in [2.05, 4.69) is 10.0 Å². The largest absolute Gasteiger partial charge is 0.372 e. The molecule has 0 spiro atoms. The van der Waals surface area contributed by atoms with Crippen LogP contribution in [0.1, 0.15) is 45.0 Å². The van der Waals surface area contributed by atoms with Crippen molar-refractivity contribution in [3.63, 3.8) is 0 Å². The monoisotopic (exact) mass is 463 g/mol. The van der Waals surface area contributed by atoms with Crippen molar-refractivity contribution in [1.29, 1.82) is 0 Å². The Morgan fingerprint density at radius 2 is 1.59 bits per heavy atom. The van der Waals surface area contributed by atoms with Crippen LogP contribution in [0.3, 0.4) is 0 Å². The molecule has 2 N–H and O–H groups in total. The van der Waals surface area contributed by atoms with E-state index in [1.165, 1.54) is 30.3 Å². The van der Waals surface area contributed by atoms with E-state index >= 15 is 0 Å². The van der Waals surface area contributed by atoms with Crippen molar-refractivity contribution in [1.82, 2.24) is 0 Å². The number of benzene rings is 2. The highest BCUT2D eigenvalue weighted by Crippen LogP contribution is 2.26. The van der Waals surface area contributed by atoms with Gasteiger partial charge < -0.3 is 15.0 Å². The van der Waals surface area contributed by atoms with Crippen molar-refractivity contribution in [2.24, 2.45) is 0 Å². The predicted molar refractivity (Wildman–Crippen MR) is 125 cm³/mol. The van der Waals surface area contributed by atoms with E-state index < -0.39 is 26.5 Å². The molecule has 1 aliphatic heterocycles. The highest BCUT2D eigenvalue weighted by atomic mass is 32.2. The lowest BCUT2D eigenvalue weighted by molar-refractivity contribution is -0.00539. The molecule has 1 aliphatic rings. The second kappa shape index (κ2) is 9.07. The van der Waals surface area contributed by atoms with Gasteiger partial charge in [-0.1, -0.05) is 0 Å². The van der Waals surface area contributed by atoms with Crippen molar-refractivity contribution in [3.8, 4) is 0 Å². The summed E-state index contributed by atoms with van der Waals surface area (Å²) in [6, 6.07) is 10.7. The van der Waals surface area contributed by atoms with E-state index in [-0.39, 0.29) is 12.2 Å². The van der Waals surface area contributed by atoms with Crippen molar-refractivity contribution in [2.45, 2.75) is 51.6 Å². The van der Waals surface area contributed by atoms with Crippen LogP contribution in [0.2, 0.25) is 0 Å². The minimum atomic E-state index is -3.56. The Morgan fingerprint density at radius 1 is 1.03 bits per heavy atom. The van der Waals surface area contributed by atoms with Crippen LogP contribution in [0.4, 0.5) is 21.5 Å². The summed E-state index contributed by atoms with van der Waals surface area (Å²) < 4.78 is 46.5. The van der Waals surface area contributed by atoms with Gasteiger partial charge in [0.05, 0.1) is 22.6 Å². The number of sulfonamides is 1. The standard InChI is InChI=1S/C23H30FN3O4S/c1-15-13-27(14-16(2)31-15)21-11-10-19(12-20(21)24)25-22(28)17-6-8-18(9-7-17)26-32(29,30)23(3,4)5/h6-12,15-16,26H,13-14H2,1-5H3,(H,25,28). The maximum Gasteiger partial charge on any atom is 0.255 e. The number of nitrogens with one attached hydrogen (secondary N) is 2. The molecule has 3 rings (SSSR count). The maximum absolute atomic E-state index is 14.7. The third-order valence-corrected chi connectivity index (χ3v) is 7.29. The van der Waals surface area contributed by atoms with Crippen LogP contribution < -0.4 is 14.9 Å². The molecule has 174 valence electrons. The lowest BCUT2D eigenvalue weighted by atomic mass is 10.1. The topological polar surface area (TPSA) is 87.7 Å². The van der Waals surface area contributed by atoms with Crippen molar-refractivity contribution >= 4 is 33.0 Å². The van der Waals surface area contributed by atoms with Gasteiger partial charge in [0.1, 0.15) is 5.82 Å². The van der Waals surface area contributed by atoms with Gasteiger partial charge >= 0.3 is 0 Å². The van der Waals surface area contributed by atoms with Gasteiger partial charge in [-0.2, -0.15) is 0 Å². The Bertz CT molecular complexity index is 1070. The van der Waals surface area contributed by atoms with Crippen LogP contribution in [-0.4, -0.2) is 44.4 Å². The first-order valence-electron chi connectivity index (χ1n) is 10.5. The molecule has 32 heavy (non-hydrogen) atoms. The third-order valence-electron chi connectivity index (χ3n) is 5.17. The molecule has 1 amide bonds. The number of anilines is 3. The fourth-order valence-electron chi connectivity index (χ4n) is 3.42. The summed E-state index contributed by atoms with van der Waals surface area (Å²) in [5, 5.41) is 2.68. The average Bonchev–Trinajstić information content (AvgIpc) is 2.66. The molecule has 0 saturated carbocycles. The summed E-state index contributed by atoms with van der Waals surface area (Å²) >= 11 is 0. The number of amides is 1. The molecular formula is C23H30FN3O4S. The molecular weight excluding hydrogens is 433 g/mol. The Hall–Kier alpha value is -2.65. The quantitative estimate of drug-likeness (QED) is 0.693. The molecule has 2 aromatic carbocycles. The molecule has 7 nitrogen and oxygen atoms in total. The number of nitrogens with zero attached hydrogens (tertiary/aromatic N) is 1. The number of ether oxygens (including phenoxy) is 1. The molecule has 9 heteroatoms. The molecule has 2 aromatic rings. The zero-order chi connectivity index (χ0) is 23.7. The number of carbonyl (C=O) groups excluding carboxylic acids is 1. The minimum absolute atomic E-state index is 0.00776. The first-order valence-corrected chi connectivity index (χ1v) is 12.0. The average molecular weight is 464 g/mol. The number of rotatable bonds is 5. The van der Waals surface area contributed by atoms with E-state index in [1.54, 1.807) is 32.9 Å². The van der Waals surface area contributed by atoms with Gasteiger partial charge in [-0.25, -0.2) is 12.8 Å². The molecule has 0 radical (unpaired) electrons. The lowest BCUT2D eigenvalue weighted by Gasteiger charge is -2.37. The van der Waals surface area contributed by atoms with Crippen LogP contribution in [0.5, 0.6) is 0 Å². The molecule has 0 aromatic heterocycles. The Balaban J connectivity index is 1.67. The molecule has 2 unspecified atom stereocenters. The predicted octanol–water partition coefficient (Wildman–Crippen LogP) is 4.23. The van der Waals surface area contributed by atoms with Gasteiger partial charge in [-0.15, -0.1) is 0 Å². The van der Waals surface area contributed by atoms with E-state index in [4.69, 9.17) is 4.74 Å². The van der Waals surface area contributed by atoms with Gasteiger partial charge in [0, 0.05) is 30.0 Å². The molecule has 1 heterocycles. The number of hydrogen-bond acceptors (Lipinski definition) is 5. The van der Waals surface area contributed by atoms with Gasteiger partial charge in [0.25, 0.3) is 5.91 Å². The van der Waals surface area contributed by atoms with Gasteiger partial charge in [0.2, 0.25) is 10.0 Å². The zero-order valence-electron chi connectivity index (χ0n) is 19.0. The number of morpholine rings is 1. The Morgan fingerprint density at radius 3 is 2.12 bits per heavy atom. The SMILES string of the molecule is CC1CN(c2ccc(NC(=O)c3ccc(NS(=O)(=O)C(C)(C)C)cc3)cc2F)CC(C)O1. The second-order valence-corrected chi connectivity index (χ2v) is 11.5. The highest BCUT2D eigenvalue weighted by Gasteiger charge is 2.29. The summed E-state index contributed by atoms with van der Waals surface area (Å²) in [6.07, 6.45) is 0.0155. The summed E-state index contributed by atoms with van der Waals surface area (Å²) in [4.78, 5) is 14.5. The smallest absolute Gasteiger partial charge is 0.255 e. The van der Waals surface area contributed by atoms with E-state index in [1.807, 2.05) is 18.7 Å². The maximum atomic E-state index is 14.7. The molecule has 0 aliphatic carbocycles. The number of hydrogen-bond donors (Lipinski definition) is 2. The third kappa shape index (κ3) is 5.58. The van der Waals surface area contributed by atoms with E-state index in [0.717, 1.165) is 0 Å².